The Bertz CT molecular complexity index is 342. The van der Waals surface area contributed by atoms with Crippen LogP contribution in [0.25, 0.3) is 0 Å². The van der Waals surface area contributed by atoms with E-state index in [0.717, 1.165) is 24.0 Å². The maximum atomic E-state index is 8.89. The van der Waals surface area contributed by atoms with E-state index in [-0.39, 0.29) is 0 Å². The highest BCUT2D eigenvalue weighted by Gasteiger charge is 2.25. The fourth-order valence-electron chi connectivity index (χ4n) is 2.46. The Hall–Kier alpha value is -0.380. The molecule has 1 aliphatic heterocycles. The van der Waals surface area contributed by atoms with E-state index in [9.17, 15) is 0 Å². The molecule has 1 saturated heterocycles. The Labute approximate surface area is 105 Å². The first-order chi connectivity index (χ1) is 7.81. The minimum absolute atomic E-state index is 0.293. The largest absolute Gasteiger partial charge is 0.396 e. The molecule has 1 N–H and O–H groups in total. The van der Waals surface area contributed by atoms with Gasteiger partial charge in [-0.15, -0.1) is 0 Å². The molecule has 0 aromatic heterocycles. The zero-order valence-electron chi connectivity index (χ0n) is 9.40. The molecule has 16 heavy (non-hydrogen) atoms. The van der Waals surface area contributed by atoms with Gasteiger partial charge in [0.1, 0.15) is 0 Å². The Morgan fingerprint density at radius 1 is 1.44 bits per heavy atom. The molecular weight excluding hydrogens is 266 g/mol. The maximum absolute atomic E-state index is 8.89. The summed E-state index contributed by atoms with van der Waals surface area (Å²) in [6, 6.07) is 9.12. The SMILES string of the molecule is OCCCN1CCC[C@@H]1c1cccc(Br)c1. The van der Waals surface area contributed by atoms with Crippen molar-refractivity contribution in [3.8, 4) is 0 Å². The van der Waals surface area contributed by atoms with E-state index in [1.165, 1.54) is 18.4 Å². The van der Waals surface area contributed by atoms with Gasteiger partial charge in [-0.1, -0.05) is 28.1 Å². The number of likely N-dealkylation sites (tertiary alicyclic amines) is 1. The minimum Gasteiger partial charge on any atom is -0.396 e. The molecule has 1 aliphatic rings. The molecule has 0 saturated carbocycles. The molecule has 0 amide bonds. The van der Waals surface area contributed by atoms with E-state index in [1.807, 2.05) is 0 Å². The van der Waals surface area contributed by atoms with Crippen molar-refractivity contribution in [2.75, 3.05) is 19.7 Å². The van der Waals surface area contributed by atoms with Crippen LogP contribution in [0.15, 0.2) is 28.7 Å². The van der Waals surface area contributed by atoms with Gasteiger partial charge in [0, 0.05) is 23.7 Å². The summed E-state index contributed by atoms with van der Waals surface area (Å²) in [7, 11) is 0. The van der Waals surface area contributed by atoms with E-state index in [1.54, 1.807) is 0 Å². The van der Waals surface area contributed by atoms with Crippen molar-refractivity contribution in [3.63, 3.8) is 0 Å². The fourth-order valence-corrected chi connectivity index (χ4v) is 2.88. The number of hydrogen-bond donors (Lipinski definition) is 1. The van der Waals surface area contributed by atoms with Gasteiger partial charge in [0.2, 0.25) is 0 Å². The lowest BCUT2D eigenvalue weighted by Gasteiger charge is -2.24. The summed E-state index contributed by atoms with van der Waals surface area (Å²) in [6.07, 6.45) is 3.38. The number of halogens is 1. The van der Waals surface area contributed by atoms with Gasteiger partial charge in [0.05, 0.1) is 0 Å². The van der Waals surface area contributed by atoms with Gasteiger partial charge in [-0.05, 0) is 43.5 Å². The molecule has 1 heterocycles. The van der Waals surface area contributed by atoms with Crippen LogP contribution in [0.4, 0.5) is 0 Å². The van der Waals surface area contributed by atoms with E-state index in [4.69, 9.17) is 5.11 Å². The molecule has 3 heteroatoms. The van der Waals surface area contributed by atoms with Crippen molar-refractivity contribution in [2.45, 2.75) is 25.3 Å². The van der Waals surface area contributed by atoms with E-state index in [0.29, 0.717) is 12.6 Å². The first-order valence-corrected chi connectivity index (χ1v) is 6.71. The van der Waals surface area contributed by atoms with Crippen LogP contribution in [0.5, 0.6) is 0 Å². The van der Waals surface area contributed by atoms with Gasteiger partial charge in [0.25, 0.3) is 0 Å². The molecule has 1 aromatic carbocycles. The van der Waals surface area contributed by atoms with E-state index >= 15 is 0 Å². The van der Waals surface area contributed by atoms with Crippen molar-refractivity contribution < 1.29 is 5.11 Å². The van der Waals surface area contributed by atoms with Crippen molar-refractivity contribution in [1.29, 1.82) is 0 Å². The zero-order valence-corrected chi connectivity index (χ0v) is 11.0. The zero-order chi connectivity index (χ0) is 11.4. The first kappa shape index (κ1) is 12.1. The molecule has 1 fully saturated rings. The standard InChI is InChI=1S/C13H18BrNO/c14-12-5-1-4-11(10-12)13-6-2-7-15(13)8-3-9-16/h1,4-5,10,13,16H,2-3,6-9H2/t13-/m1/s1. The van der Waals surface area contributed by atoms with Crippen LogP contribution < -0.4 is 0 Å². The van der Waals surface area contributed by atoms with Gasteiger partial charge in [-0.3, -0.25) is 4.90 Å². The summed E-state index contributed by atoms with van der Waals surface area (Å²) in [5, 5.41) is 8.89. The predicted octanol–water partition coefficient (Wildman–Crippen LogP) is 2.97. The van der Waals surface area contributed by atoms with E-state index in [2.05, 4.69) is 45.1 Å². The average Bonchev–Trinajstić information content (AvgIpc) is 2.74. The highest BCUT2D eigenvalue weighted by Crippen LogP contribution is 2.32. The van der Waals surface area contributed by atoms with Gasteiger partial charge >= 0.3 is 0 Å². The highest BCUT2D eigenvalue weighted by atomic mass is 79.9. The number of benzene rings is 1. The lowest BCUT2D eigenvalue weighted by molar-refractivity contribution is 0.213. The molecule has 88 valence electrons. The molecule has 0 bridgehead atoms. The highest BCUT2D eigenvalue weighted by molar-refractivity contribution is 9.10. The number of aliphatic hydroxyl groups excluding tert-OH is 1. The second kappa shape index (κ2) is 5.80. The van der Waals surface area contributed by atoms with Crippen LogP contribution >= 0.6 is 15.9 Å². The minimum atomic E-state index is 0.293. The molecule has 0 unspecified atom stereocenters. The van der Waals surface area contributed by atoms with E-state index < -0.39 is 0 Å². The van der Waals surface area contributed by atoms with Crippen LogP contribution in [0, 0.1) is 0 Å². The van der Waals surface area contributed by atoms with Crippen LogP contribution in [0.3, 0.4) is 0 Å². The fraction of sp³-hybridized carbons (Fsp3) is 0.538. The Morgan fingerprint density at radius 2 is 2.31 bits per heavy atom. The third-order valence-corrected chi connectivity index (χ3v) is 3.69. The molecule has 2 rings (SSSR count). The normalized spacial score (nSPS) is 21.5. The Kier molecular flexibility index (Phi) is 4.38. The smallest absolute Gasteiger partial charge is 0.0443 e. The third-order valence-electron chi connectivity index (χ3n) is 3.20. The van der Waals surface area contributed by atoms with Crippen molar-refractivity contribution >= 4 is 15.9 Å². The topological polar surface area (TPSA) is 23.5 Å². The monoisotopic (exact) mass is 283 g/mol. The van der Waals surface area contributed by atoms with Crippen molar-refractivity contribution in [1.82, 2.24) is 4.90 Å². The Balaban J connectivity index is 2.07. The summed E-state index contributed by atoms with van der Waals surface area (Å²) in [5.74, 6) is 0. The Morgan fingerprint density at radius 3 is 3.06 bits per heavy atom. The molecule has 1 aromatic rings. The van der Waals surface area contributed by atoms with Gasteiger partial charge in [0.15, 0.2) is 0 Å². The third kappa shape index (κ3) is 2.84. The van der Waals surface area contributed by atoms with Crippen LogP contribution in [-0.4, -0.2) is 29.7 Å². The summed E-state index contributed by atoms with van der Waals surface area (Å²) in [6.45, 7) is 2.46. The molecule has 0 radical (unpaired) electrons. The summed E-state index contributed by atoms with van der Waals surface area (Å²) in [4.78, 5) is 2.48. The van der Waals surface area contributed by atoms with Crippen LogP contribution in [-0.2, 0) is 0 Å². The lowest BCUT2D eigenvalue weighted by atomic mass is 10.0. The molecule has 0 aliphatic carbocycles. The summed E-state index contributed by atoms with van der Waals surface area (Å²) < 4.78 is 1.15. The summed E-state index contributed by atoms with van der Waals surface area (Å²) >= 11 is 3.52. The molecular formula is C13H18BrNO. The number of aliphatic hydroxyl groups is 1. The number of nitrogens with zero attached hydrogens (tertiary/aromatic N) is 1. The number of hydrogen-bond acceptors (Lipinski definition) is 2. The molecule has 1 atom stereocenters. The quantitative estimate of drug-likeness (QED) is 0.919. The second-order valence-corrected chi connectivity index (χ2v) is 5.24. The maximum Gasteiger partial charge on any atom is 0.0443 e. The molecule has 2 nitrogen and oxygen atoms in total. The van der Waals surface area contributed by atoms with Crippen molar-refractivity contribution in [3.05, 3.63) is 34.3 Å². The van der Waals surface area contributed by atoms with Crippen molar-refractivity contribution in [2.24, 2.45) is 0 Å². The predicted molar refractivity (Wildman–Crippen MR) is 69.4 cm³/mol. The first-order valence-electron chi connectivity index (χ1n) is 5.91. The molecule has 0 spiro atoms. The van der Waals surface area contributed by atoms with Gasteiger partial charge < -0.3 is 5.11 Å². The number of rotatable bonds is 4. The average molecular weight is 284 g/mol. The second-order valence-electron chi connectivity index (χ2n) is 4.33. The van der Waals surface area contributed by atoms with Gasteiger partial charge in [-0.2, -0.15) is 0 Å². The van der Waals surface area contributed by atoms with Crippen LogP contribution in [0.1, 0.15) is 30.9 Å². The lowest BCUT2D eigenvalue weighted by Crippen LogP contribution is -2.25. The van der Waals surface area contributed by atoms with Crippen LogP contribution in [0.2, 0.25) is 0 Å². The van der Waals surface area contributed by atoms with Gasteiger partial charge in [-0.25, -0.2) is 0 Å². The summed E-state index contributed by atoms with van der Waals surface area (Å²) in [5.41, 5.74) is 1.39.